The molecule has 1 aromatic heterocycles. The van der Waals surface area contributed by atoms with Crippen LogP contribution in [0.15, 0.2) is 42.7 Å². The van der Waals surface area contributed by atoms with E-state index >= 15 is 0 Å². The molecule has 140 valence electrons. The Morgan fingerprint density at radius 1 is 1.22 bits per heavy atom. The van der Waals surface area contributed by atoms with Crippen molar-refractivity contribution in [2.45, 2.75) is 25.0 Å². The second-order valence-corrected chi connectivity index (χ2v) is 6.76. The van der Waals surface area contributed by atoms with Gasteiger partial charge in [0.15, 0.2) is 0 Å². The Hall–Kier alpha value is -2.80. The summed E-state index contributed by atoms with van der Waals surface area (Å²) in [4.78, 5) is 21.6. The molecule has 7 heteroatoms. The highest BCUT2D eigenvalue weighted by Gasteiger charge is 2.30. The normalized spacial score (nSPS) is 20.0. The number of fused-ring (bicyclic) bond motifs is 1. The summed E-state index contributed by atoms with van der Waals surface area (Å²) < 4.78 is 32.8. The molecular weight excluding hydrogens is 352 g/mol. The van der Waals surface area contributed by atoms with Crippen LogP contribution in [0.4, 0.5) is 8.78 Å². The Morgan fingerprint density at radius 2 is 2.00 bits per heavy atom. The first kappa shape index (κ1) is 17.6. The number of amides is 1. The summed E-state index contributed by atoms with van der Waals surface area (Å²) in [5.41, 5.74) is 2.05. The zero-order valence-corrected chi connectivity index (χ0v) is 14.8. The quantitative estimate of drug-likeness (QED) is 0.761. The average Bonchev–Trinajstić information content (AvgIpc) is 3.15. The molecule has 5 nitrogen and oxygen atoms in total. The summed E-state index contributed by atoms with van der Waals surface area (Å²) in [5.74, 6) is -1.07. The monoisotopic (exact) mass is 371 g/mol. The first-order valence-electron chi connectivity index (χ1n) is 8.80. The summed E-state index contributed by atoms with van der Waals surface area (Å²) in [5, 5.41) is 0. The number of rotatable bonds is 3. The zero-order valence-electron chi connectivity index (χ0n) is 14.8. The lowest BCUT2D eigenvalue weighted by atomic mass is 9.96. The molecule has 2 atom stereocenters. The molecular formula is C20H19F2N3O2. The third kappa shape index (κ3) is 3.42. The molecule has 1 aliphatic rings. The molecule has 1 saturated heterocycles. The molecule has 0 bridgehead atoms. The van der Waals surface area contributed by atoms with Crippen molar-refractivity contribution in [2.75, 3.05) is 13.7 Å². The second kappa shape index (κ2) is 7.08. The van der Waals surface area contributed by atoms with Crippen LogP contribution in [0.1, 0.15) is 34.9 Å². The van der Waals surface area contributed by atoms with Gasteiger partial charge in [0, 0.05) is 19.7 Å². The molecule has 0 radical (unpaired) electrons. The fraction of sp³-hybridized carbons (Fsp3) is 0.300. The number of halogens is 2. The smallest absolute Gasteiger partial charge is 0.256 e. The van der Waals surface area contributed by atoms with Crippen LogP contribution in [0.2, 0.25) is 0 Å². The number of carbonyl (C=O) groups excluding carboxylic acids is 1. The predicted molar refractivity (Wildman–Crippen MR) is 96.3 cm³/mol. The summed E-state index contributed by atoms with van der Waals surface area (Å²) in [6.45, 7) is 0.491. The molecule has 2 aromatic carbocycles. The van der Waals surface area contributed by atoms with Crippen molar-refractivity contribution in [1.29, 1.82) is 0 Å². The molecule has 1 amide bonds. The van der Waals surface area contributed by atoms with Crippen LogP contribution < -0.4 is 0 Å². The van der Waals surface area contributed by atoms with Crippen LogP contribution in [-0.2, 0) is 4.74 Å². The van der Waals surface area contributed by atoms with Crippen molar-refractivity contribution >= 4 is 16.9 Å². The lowest BCUT2D eigenvalue weighted by Crippen LogP contribution is -2.41. The number of carbonyl (C=O) groups is 1. The minimum absolute atomic E-state index is 0.0708. The first-order chi connectivity index (χ1) is 13.0. The van der Waals surface area contributed by atoms with Crippen LogP contribution in [-0.4, -0.2) is 40.5 Å². The van der Waals surface area contributed by atoms with E-state index in [0.717, 1.165) is 5.56 Å². The molecule has 0 spiro atoms. The van der Waals surface area contributed by atoms with Crippen molar-refractivity contribution in [3.8, 4) is 0 Å². The molecule has 1 N–H and O–H groups in total. The van der Waals surface area contributed by atoms with Crippen molar-refractivity contribution in [1.82, 2.24) is 14.9 Å². The number of ether oxygens (including phenoxy) is 1. The van der Waals surface area contributed by atoms with Gasteiger partial charge in [-0.1, -0.05) is 12.1 Å². The first-order valence-corrected chi connectivity index (χ1v) is 8.80. The van der Waals surface area contributed by atoms with Crippen molar-refractivity contribution in [3.63, 3.8) is 0 Å². The van der Waals surface area contributed by atoms with Gasteiger partial charge in [0.2, 0.25) is 0 Å². The van der Waals surface area contributed by atoms with E-state index in [-0.39, 0.29) is 29.4 Å². The van der Waals surface area contributed by atoms with Gasteiger partial charge in [0.25, 0.3) is 5.91 Å². The predicted octanol–water partition coefficient (Wildman–Crippen LogP) is 3.83. The van der Waals surface area contributed by atoms with Crippen molar-refractivity contribution in [2.24, 2.45) is 0 Å². The van der Waals surface area contributed by atoms with Crippen molar-refractivity contribution < 1.29 is 18.3 Å². The van der Waals surface area contributed by atoms with Gasteiger partial charge in [0.1, 0.15) is 17.2 Å². The van der Waals surface area contributed by atoms with Gasteiger partial charge in [-0.3, -0.25) is 4.79 Å². The van der Waals surface area contributed by atoms with E-state index in [9.17, 15) is 13.6 Å². The minimum Gasteiger partial charge on any atom is -0.373 e. The molecule has 1 fully saturated rings. The largest absolute Gasteiger partial charge is 0.373 e. The van der Waals surface area contributed by atoms with E-state index in [4.69, 9.17) is 4.74 Å². The van der Waals surface area contributed by atoms with E-state index in [1.165, 1.54) is 30.6 Å². The molecule has 1 aliphatic heterocycles. The highest BCUT2D eigenvalue weighted by Crippen LogP contribution is 2.31. The Balaban J connectivity index is 1.56. The second-order valence-electron chi connectivity index (χ2n) is 6.76. The van der Waals surface area contributed by atoms with E-state index < -0.39 is 5.82 Å². The third-order valence-electron chi connectivity index (χ3n) is 5.08. The van der Waals surface area contributed by atoms with Crippen LogP contribution >= 0.6 is 0 Å². The zero-order chi connectivity index (χ0) is 19.0. The Labute approximate surface area is 155 Å². The highest BCUT2D eigenvalue weighted by atomic mass is 19.1. The highest BCUT2D eigenvalue weighted by molar-refractivity contribution is 6.04. The fourth-order valence-corrected chi connectivity index (χ4v) is 3.57. The summed E-state index contributed by atoms with van der Waals surface area (Å²) in [7, 11) is 1.71. The topological polar surface area (TPSA) is 58.2 Å². The maximum atomic E-state index is 13.9. The number of hydrogen-bond donors (Lipinski definition) is 1. The van der Waals surface area contributed by atoms with Gasteiger partial charge in [-0.15, -0.1) is 0 Å². The lowest BCUT2D eigenvalue weighted by molar-refractivity contribution is -0.0197. The fourth-order valence-electron chi connectivity index (χ4n) is 3.57. The Morgan fingerprint density at radius 3 is 2.78 bits per heavy atom. The summed E-state index contributed by atoms with van der Waals surface area (Å²) >= 11 is 0. The minimum atomic E-state index is -0.486. The third-order valence-corrected chi connectivity index (χ3v) is 5.08. The molecule has 0 aliphatic carbocycles. The van der Waals surface area contributed by atoms with Crippen LogP contribution in [0.25, 0.3) is 11.0 Å². The van der Waals surface area contributed by atoms with Crippen LogP contribution in [0, 0.1) is 11.6 Å². The Kier molecular flexibility index (Phi) is 4.61. The average molecular weight is 371 g/mol. The van der Waals surface area contributed by atoms with Gasteiger partial charge in [-0.25, -0.2) is 13.8 Å². The van der Waals surface area contributed by atoms with Gasteiger partial charge in [-0.05, 0) is 42.7 Å². The van der Waals surface area contributed by atoms with Gasteiger partial charge in [-0.2, -0.15) is 0 Å². The maximum absolute atomic E-state index is 13.9. The standard InChI is InChI=1S/C20H19F2N3O2/c1-25(20(26)16-8-14(22)9-17-19(16)24-11-23-17)15-6-7-27-18(10-15)12-2-4-13(21)5-3-12/h2-5,8-9,11,15,18H,6-7,10H2,1H3,(H,23,24). The number of imidazole rings is 1. The molecule has 2 unspecified atom stereocenters. The van der Waals surface area contributed by atoms with E-state index in [2.05, 4.69) is 9.97 Å². The van der Waals surface area contributed by atoms with E-state index in [1.54, 1.807) is 24.1 Å². The number of hydrogen-bond acceptors (Lipinski definition) is 3. The van der Waals surface area contributed by atoms with Gasteiger partial charge in [0.05, 0.1) is 23.5 Å². The number of benzene rings is 2. The maximum Gasteiger partial charge on any atom is 0.256 e. The molecule has 0 saturated carbocycles. The molecule has 4 rings (SSSR count). The molecule has 3 aromatic rings. The SMILES string of the molecule is CN(C(=O)c1cc(F)cc2[nH]cnc12)C1CCOC(c2ccc(F)cc2)C1. The number of H-pyrrole nitrogens is 1. The number of aromatic amines is 1. The molecule has 27 heavy (non-hydrogen) atoms. The summed E-state index contributed by atoms with van der Waals surface area (Å²) in [6.07, 6.45) is 2.50. The Bertz CT molecular complexity index is 971. The summed E-state index contributed by atoms with van der Waals surface area (Å²) in [6, 6.07) is 8.67. The van der Waals surface area contributed by atoms with E-state index in [0.29, 0.717) is 30.5 Å². The van der Waals surface area contributed by atoms with Crippen LogP contribution in [0.5, 0.6) is 0 Å². The number of aromatic nitrogens is 2. The van der Waals surface area contributed by atoms with Gasteiger partial charge >= 0.3 is 0 Å². The number of nitrogens with zero attached hydrogens (tertiary/aromatic N) is 2. The number of nitrogens with one attached hydrogen (secondary N) is 1. The van der Waals surface area contributed by atoms with Crippen molar-refractivity contribution in [3.05, 3.63) is 65.5 Å². The lowest BCUT2D eigenvalue weighted by Gasteiger charge is -2.35. The molecule has 2 heterocycles. The van der Waals surface area contributed by atoms with Crippen LogP contribution in [0.3, 0.4) is 0 Å². The van der Waals surface area contributed by atoms with E-state index in [1.807, 2.05) is 0 Å². The van der Waals surface area contributed by atoms with Gasteiger partial charge < -0.3 is 14.6 Å².